The number of halogens is 1. The van der Waals surface area contributed by atoms with Crippen LogP contribution in [-0.4, -0.2) is 17.2 Å². The molecule has 0 spiro atoms. The van der Waals surface area contributed by atoms with Gasteiger partial charge in [0.15, 0.2) is 5.78 Å². The van der Waals surface area contributed by atoms with E-state index in [1.807, 2.05) is 24.5 Å². The molecule has 1 atom stereocenters. The van der Waals surface area contributed by atoms with Crippen molar-refractivity contribution in [1.29, 1.82) is 0 Å². The molecule has 98 valence electrons. The number of benzene rings is 1. The number of hydrogen-bond donors (Lipinski definition) is 0. The number of hydrogen-bond acceptors (Lipinski definition) is 2. The Kier molecular flexibility index (Phi) is 4.75. The summed E-state index contributed by atoms with van der Waals surface area (Å²) in [5, 5.41) is 0.285. The van der Waals surface area contributed by atoms with Gasteiger partial charge in [0.1, 0.15) is 0 Å². The number of Topliss-reactive ketones (excluding diaryl/α,β-unsaturated/α-hetero) is 1. The van der Waals surface area contributed by atoms with Crippen molar-refractivity contribution in [3.8, 4) is 0 Å². The van der Waals surface area contributed by atoms with Crippen LogP contribution in [0.5, 0.6) is 0 Å². The summed E-state index contributed by atoms with van der Waals surface area (Å²) in [5.74, 6) is 0.196. The molecule has 1 nitrogen and oxygen atoms in total. The molecule has 1 aliphatic carbocycles. The van der Waals surface area contributed by atoms with Crippen LogP contribution in [-0.2, 0) is 0 Å². The Labute approximate surface area is 120 Å². The Bertz CT molecular complexity index is 455. The van der Waals surface area contributed by atoms with E-state index in [1.54, 1.807) is 11.8 Å². The lowest BCUT2D eigenvalue weighted by atomic mass is 9.82. The minimum Gasteiger partial charge on any atom is -0.293 e. The molecule has 1 unspecified atom stereocenters. The number of carbonyl (C=O) groups is 1. The third-order valence-electron chi connectivity index (χ3n) is 3.62. The van der Waals surface area contributed by atoms with Crippen LogP contribution in [0.15, 0.2) is 23.1 Å². The quantitative estimate of drug-likeness (QED) is 0.452. The summed E-state index contributed by atoms with van der Waals surface area (Å²) < 4.78 is 0. The van der Waals surface area contributed by atoms with Crippen LogP contribution in [0.4, 0.5) is 0 Å². The van der Waals surface area contributed by atoms with E-state index in [1.165, 1.54) is 6.42 Å². The summed E-state index contributed by atoms with van der Waals surface area (Å²) in [4.78, 5) is 13.8. The van der Waals surface area contributed by atoms with Gasteiger partial charge >= 0.3 is 0 Å². The molecule has 1 aromatic carbocycles. The summed E-state index contributed by atoms with van der Waals surface area (Å²) in [5.41, 5.74) is 0.712. The van der Waals surface area contributed by atoms with Crippen LogP contribution >= 0.6 is 32.6 Å². The fourth-order valence-electron chi connectivity index (χ4n) is 2.55. The fraction of sp³-hybridized carbons (Fsp3) is 0.500. The largest absolute Gasteiger partial charge is 0.293 e. The number of rotatable bonds is 3. The topological polar surface area (TPSA) is 17.1 Å². The average Bonchev–Trinajstić information content (AvgIpc) is 2.38. The zero-order valence-corrected chi connectivity index (χ0v) is 13.3. The molecule has 0 radical (unpaired) electrons. The maximum atomic E-state index is 12.8. The van der Waals surface area contributed by atoms with Crippen LogP contribution < -0.4 is 0 Å². The molecule has 0 saturated heterocycles. The molecule has 0 N–H and O–H groups in total. The maximum absolute atomic E-state index is 12.8. The van der Waals surface area contributed by atoms with Gasteiger partial charge in [-0.05, 0) is 31.2 Å². The Balaban J connectivity index is 2.39. The van der Waals surface area contributed by atoms with Crippen molar-refractivity contribution in [1.82, 2.24) is 0 Å². The van der Waals surface area contributed by atoms with Crippen molar-refractivity contribution in [2.45, 2.75) is 42.2 Å². The average molecular weight is 301 g/mol. The molecular formula is C14H18ClOPS. The van der Waals surface area contributed by atoms with Crippen LogP contribution in [0, 0.1) is 0 Å². The normalized spacial score (nSPS) is 18.6. The van der Waals surface area contributed by atoms with Gasteiger partial charge in [-0.1, -0.05) is 36.9 Å². The zero-order chi connectivity index (χ0) is 13.2. The van der Waals surface area contributed by atoms with E-state index < -0.39 is 0 Å². The molecule has 2 rings (SSSR count). The van der Waals surface area contributed by atoms with Gasteiger partial charge in [0.05, 0.1) is 10.6 Å². The molecular weight excluding hydrogens is 283 g/mol. The Morgan fingerprint density at radius 3 is 2.61 bits per heavy atom. The van der Waals surface area contributed by atoms with Gasteiger partial charge in [0.2, 0.25) is 0 Å². The van der Waals surface area contributed by atoms with E-state index in [9.17, 15) is 4.79 Å². The third kappa shape index (κ3) is 2.76. The highest BCUT2D eigenvalue weighted by atomic mass is 35.5. The number of carbonyl (C=O) groups excluding carboxylic acids is 1. The summed E-state index contributed by atoms with van der Waals surface area (Å²) in [6, 6.07) is 5.69. The van der Waals surface area contributed by atoms with Gasteiger partial charge in [-0.2, -0.15) is 0 Å². The molecule has 1 aliphatic rings. The first-order valence-corrected chi connectivity index (χ1v) is 8.43. The Hall–Kier alpha value is -0.0400. The SMILES string of the molecule is CSc1cccc(Cl)c1C(=O)C1(P)CCCCC1. The molecule has 1 saturated carbocycles. The van der Waals surface area contributed by atoms with Gasteiger partial charge < -0.3 is 0 Å². The molecule has 0 aliphatic heterocycles. The first kappa shape index (κ1) is 14.4. The van der Waals surface area contributed by atoms with Gasteiger partial charge in [0.25, 0.3) is 0 Å². The molecule has 0 heterocycles. The molecule has 0 bridgehead atoms. The van der Waals surface area contributed by atoms with E-state index >= 15 is 0 Å². The zero-order valence-electron chi connectivity index (χ0n) is 10.5. The van der Waals surface area contributed by atoms with Crippen LogP contribution in [0.25, 0.3) is 0 Å². The second kappa shape index (κ2) is 5.94. The number of ketones is 1. The van der Waals surface area contributed by atoms with E-state index in [0.717, 1.165) is 30.6 Å². The highest BCUT2D eigenvalue weighted by Crippen LogP contribution is 2.41. The lowest BCUT2D eigenvalue weighted by molar-refractivity contribution is 0.0915. The fourth-order valence-corrected chi connectivity index (χ4v) is 4.04. The Morgan fingerprint density at radius 2 is 2.00 bits per heavy atom. The maximum Gasteiger partial charge on any atom is 0.175 e. The van der Waals surface area contributed by atoms with E-state index in [0.29, 0.717) is 10.6 Å². The molecule has 4 heteroatoms. The molecule has 1 fully saturated rings. The highest BCUT2D eigenvalue weighted by Gasteiger charge is 2.37. The van der Waals surface area contributed by atoms with Gasteiger partial charge in [-0.25, -0.2) is 0 Å². The minimum atomic E-state index is -0.298. The standard InChI is InChI=1S/C14H18ClOPS/c1-18-11-7-5-6-10(15)12(11)13(16)14(17)8-3-2-4-9-14/h5-7H,2-4,8-9,17H2,1H3. The van der Waals surface area contributed by atoms with Crippen LogP contribution in [0.1, 0.15) is 42.5 Å². The predicted molar refractivity (Wildman–Crippen MR) is 83.1 cm³/mol. The minimum absolute atomic E-state index is 0.196. The monoisotopic (exact) mass is 300 g/mol. The van der Waals surface area contributed by atoms with E-state index in [4.69, 9.17) is 11.6 Å². The molecule has 0 aromatic heterocycles. The first-order valence-electron chi connectivity index (χ1n) is 6.25. The lowest BCUT2D eigenvalue weighted by Crippen LogP contribution is -2.34. The van der Waals surface area contributed by atoms with Crippen molar-refractivity contribution in [3.63, 3.8) is 0 Å². The van der Waals surface area contributed by atoms with E-state index in [2.05, 4.69) is 9.24 Å². The molecule has 0 amide bonds. The van der Waals surface area contributed by atoms with Crippen LogP contribution in [0.3, 0.4) is 0 Å². The van der Waals surface area contributed by atoms with Gasteiger partial charge in [-0.3, -0.25) is 4.79 Å². The lowest BCUT2D eigenvalue weighted by Gasteiger charge is -2.32. The molecule has 1 aromatic rings. The highest BCUT2D eigenvalue weighted by molar-refractivity contribution is 7.98. The van der Waals surface area contributed by atoms with Gasteiger partial charge in [-0.15, -0.1) is 21.0 Å². The number of thioether (sulfide) groups is 1. The van der Waals surface area contributed by atoms with Crippen LogP contribution in [0.2, 0.25) is 5.02 Å². The smallest absolute Gasteiger partial charge is 0.175 e. The van der Waals surface area contributed by atoms with Crippen molar-refractivity contribution < 1.29 is 4.79 Å². The molecule has 18 heavy (non-hydrogen) atoms. The Morgan fingerprint density at radius 1 is 1.33 bits per heavy atom. The van der Waals surface area contributed by atoms with Crippen molar-refractivity contribution in [2.75, 3.05) is 6.26 Å². The second-order valence-corrected chi connectivity index (χ2v) is 7.22. The first-order chi connectivity index (χ1) is 8.58. The van der Waals surface area contributed by atoms with Crippen molar-refractivity contribution in [2.24, 2.45) is 0 Å². The predicted octanol–water partition coefficient (Wildman–Crippen LogP) is 4.82. The summed E-state index contributed by atoms with van der Waals surface area (Å²) >= 11 is 7.83. The van der Waals surface area contributed by atoms with Crippen molar-refractivity contribution >= 4 is 38.4 Å². The second-order valence-electron chi connectivity index (χ2n) is 4.86. The third-order valence-corrected chi connectivity index (χ3v) is 5.55. The van der Waals surface area contributed by atoms with E-state index in [-0.39, 0.29) is 10.9 Å². The van der Waals surface area contributed by atoms with Gasteiger partial charge in [0, 0.05) is 10.1 Å². The summed E-state index contributed by atoms with van der Waals surface area (Å²) in [6.45, 7) is 0. The summed E-state index contributed by atoms with van der Waals surface area (Å²) in [6.07, 6.45) is 7.40. The summed E-state index contributed by atoms with van der Waals surface area (Å²) in [7, 11) is 2.80. The van der Waals surface area contributed by atoms with Crippen molar-refractivity contribution in [3.05, 3.63) is 28.8 Å².